The highest BCUT2D eigenvalue weighted by Crippen LogP contribution is 2.21. The second kappa shape index (κ2) is 17.8. The summed E-state index contributed by atoms with van der Waals surface area (Å²) < 4.78 is 0.401. The van der Waals surface area contributed by atoms with Crippen molar-refractivity contribution in [2.75, 3.05) is 27.7 Å². The van der Waals surface area contributed by atoms with Crippen LogP contribution in [0.15, 0.2) is 12.2 Å². The van der Waals surface area contributed by atoms with Gasteiger partial charge in [0.1, 0.15) is 24.3 Å². The molecule has 0 saturated heterocycles. The standard InChI is InChI=1S/C25H45Cl2NO4/c1-5-6-7-8-10-13-16-20(26)21(27)17-14-11-9-12-15-18-22(29)24(25(31)32)23(30)19-28(2,3)4/h10,13,20-21,23-24,30H,5-9,11-12,14-19H2,1-4H3/p+1/b13-10-/t20-,21-,23-,24+/m1/s1. The van der Waals surface area contributed by atoms with Gasteiger partial charge in [0.25, 0.3) is 0 Å². The summed E-state index contributed by atoms with van der Waals surface area (Å²) >= 11 is 12.8. The molecule has 0 aromatic carbocycles. The predicted molar refractivity (Wildman–Crippen MR) is 135 cm³/mol. The largest absolute Gasteiger partial charge is 0.481 e. The van der Waals surface area contributed by atoms with E-state index in [-0.39, 0.29) is 29.5 Å². The summed E-state index contributed by atoms with van der Waals surface area (Å²) in [7, 11) is 5.57. The quantitative estimate of drug-likeness (QED) is 0.0737. The molecule has 2 N–H and O–H groups in total. The zero-order chi connectivity index (χ0) is 24.6. The average Bonchev–Trinajstić information content (AvgIpc) is 2.67. The maximum absolute atomic E-state index is 12.3. The van der Waals surface area contributed by atoms with Crippen LogP contribution in [0, 0.1) is 5.92 Å². The molecule has 7 heteroatoms. The highest BCUT2D eigenvalue weighted by molar-refractivity contribution is 6.30. The van der Waals surface area contributed by atoms with Gasteiger partial charge < -0.3 is 14.7 Å². The lowest BCUT2D eigenvalue weighted by Crippen LogP contribution is -2.47. The van der Waals surface area contributed by atoms with Crippen LogP contribution in [0.4, 0.5) is 0 Å². The number of likely N-dealkylation sites (N-methyl/N-ethyl adjacent to an activating group) is 1. The highest BCUT2D eigenvalue weighted by atomic mass is 35.5. The van der Waals surface area contributed by atoms with Crippen molar-refractivity contribution in [1.29, 1.82) is 0 Å². The van der Waals surface area contributed by atoms with Crippen LogP contribution in [0.1, 0.15) is 84.0 Å². The molecule has 0 unspecified atom stereocenters. The summed E-state index contributed by atoms with van der Waals surface area (Å²) in [6.07, 6.45) is 14.3. The number of Topliss-reactive ketones (excluding diaryl/α,β-unsaturated/α-hetero) is 1. The van der Waals surface area contributed by atoms with Crippen LogP contribution in [-0.2, 0) is 9.59 Å². The van der Waals surface area contributed by atoms with Crippen molar-refractivity contribution >= 4 is 35.0 Å². The Morgan fingerprint density at radius 2 is 1.53 bits per heavy atom. The zero-order valence-electron chi connectivity index (χ0n) is 20.6. The molecule has 0 aliphatic carbocycles. The van der Waals surface area contributed by atoms with Gasteiger partial charge in [-0.15, -0.1) is 23.2 Å². The van der Waals surface area contributed by atoms with Crippen LogP contribution >= 0.6 is 23.2 Å². The molecule has 0 saturated carbocycles. The Balaban J connectivity index is 4.01. The number of carbonyl (C=O) groups is 2. The van der Waals surface area contributed by atoms with Crippen molar-refractivity contribution < 1.29 is 24.3 Å². The summed E-state index contributed by atoms with van der Waals surface area (Å²) in [6.45, 7) is 2.42. The van der Waals surface area contributed by atoms with Crippen molar-refractivity contribution in [2.24, 2.45) is 5.92 Å². The van der Waals surface area contributed by atoms with E-state index < -0.39 is 18.0 Å². The number of aliphatic hydroxyl groups is 1. The van der Waals surface area contributed by atoms with E-state index in [0.29, 0.717) is 10.9 Å². The molecule has 0 bridgehead atoms. The number of carbonyl (C=O) groups excluding carboxylic acids is 1. The van der Waals surface area contributed by atoms with E-state index in [1.807, 2.05) is 21.1 Å². The summed E-state index contributed by atoms with van der Waals surface area (Å²) in [5, 5.41) is 19.5. The van der Waals surface area contributed by atoms with Gasteiger partial charge in [0.2, 0.25) is 0 Å². The first-order valence-corrected chi connectivity index (χ1v) is 13.0. The van der Waals surface area contributed by atoms with Crippen molar-refractivity contribution in [1.82, 2.24) is 0 Å². The van der Waals surface area contributed by atoms with E-state index in [1.54, 1.807) is 0 Å². The number of aliphatic hydroxyl groups excluding tert-OH is 1. The van der Waals surface area contributed by atoms with Crippen LogP contribution in [0.2, 0.25) is 0 Å². The fourth-order valence-electron chi connectivity index (χ4n) is 3.69. The first kappa shape index (κ1) is 31.4. The van der Waals surface area contributed by atoms with Crippen molar-refractivity contribution in [3.05, 3.63) is 12.2 Å². The minimum absolute atomic E-state index is 0.0439. The lowest BCUT2D eigenvalue weighted by atomic mass is 9.93. The number of carboxylic acids is 1. The van der Waals surface area contributed by atoms with Gasteiger partial charge in [-0.2, -0.15) is 0 Å². The maximum Gasteiger partial charge on any atom is 0.316 e. The number of alkyl halides is 2. The molecule has 0 rings (SSSR count). The topological polar surface area (TPSA) is 74.6 Å². The molecule has 0 aliphatic heterocycles. The Hall–Kier alpha value is -0.620. The van der Waals surface area contributed by atoms with Gasteiger partial charge in [0.15, 0.2) is 0 Å². The first-order valence-electron chi connectivity index (χ1n) is 12.2. The Bertz CT molecular complexity index is 549. The molecular weight excluding hydrogens is 449 g/mol. The SMILES string of the molecule is CCCCC/C=C\C[C@@H](Cl)[C@H](Cl)CCCCCCCC(=O)[C@H](C(=O)O)[C@H](O)C[N+](C)(C)C. The van der Waals surface area contributed by atoms with Crippen LogP contribution in [0.25, 0.3) is 0 Å². The maximum atomic E-state index is 12.3. The van der Waals surface area contributed by atoms with Crippen LogP contribution in [0.3, 0.4) is 0 Å². The van der Waals surface area contributed by atoms with Crippen molar-refractivity contribution in [2.45, 2.75) is 101 Å². The normalized spacial score (nSPS) is 16.1. The highest BCUT2D eigenvalue weighted by Gasteiger charge is 2.36. The third-order valence-corrected chi connectivity index (χ3v) is 6.66. The Labute approximate surface area is 205 Å². The summed E-state index contributed by atoms with van der Waals surface area (Å²) in [5.41, 5.74) is 0. The number of ketones is 1. The van der Waals surface area contributed by atoms with E-state index in [0.717, 1.165) is 44.9 Å². The van der Waals surface area contributed by atoms with E-state index in [9.17, 15) is 19.8 Å². The zero-order valence-corrected chi connectivity index (χ0v) is 22.1. The fourth-order valence-corrected chi connectivity index (χ4v) is 4.18. The predicted octanol–water partition coefficient (Wildman–Crippen LogP) is 5.80. The van der Waals surface area contributed by atoms with Crippen LogP contribution in [-0.4, -0.2) is 71.0 Å². The monoisotopic (exact) mass is 494 g/mol. The molecular formula is C25H46Cl2NO4+. The number of halogens is 2. The number of carboxylic acid groups (broad SMARTS) is 1. The minimum atomic E-state index is -1.34. The third-order valence-electron chi connectivity index (χ3n) is 5.53. The molecule has 188 valence electrons. The first-order chi connectivity index (χ1) is 15.0. The molecule has 0 radical (unpaired) electrons. The summed E-state index contributed by atoms with van der Waals surface area (Å²) in [6, 6.07) is 0. The minimum Gasteiger partial charge on any atom is -0.481 e. The molecule has 32 heavy (non-hydrogen) atoms. The van der Waals surface area contributed by atoms with Gasteiger partial charge in [-0.05, 0) is 32.1 Å². The molecule has 4 atom stereocenters. The molecule has 0 fully saturated rings. The fraction of sp³-hybridized carbons (Fsp3) is 0.840. The Morgan fingerprint density at radius 1 is 0.906 bits per heavy atom. The molecule has 5 nitrogen and oxygen atoms in total. The second-order valence-electron chi connectivity index (χ2n) is 9.86. The number of hydrogen-bond acceptors (Lipinski definition) is 3. The number of nitrogens with zero attached hydrogens (tertiary/aromatic N) is 1. The molecule has 0 aromatic rings. The molecule has 0 spiro atoms. The van der Waals surface area contributed by atoms with E-state index in [2.05, 4.69) is 19.1 Å². The van der Waals surface area contributed by atoms with Gasteiger partial charge >= 0.3 is 5.97 Å². The molecule has 0 aromatic heterocycles. The van der Waals surface area contributed by atoms with Gasteiger partial charge in [-0.1, -0.05) is 57.6 Å². The third kappa shape index (κ3) is 16.1. The lowest BCUT2D eigenvalue weighted by Gasteiger charge is -2.28. The summed E-state index contributed by atoms with van der Waals surface area (Å²) in [5.74, 6) is -2.96. The number of rotatable bonds is 20. The number of unbranched alkanes of at least 4 members (excludes halogenated alkanes) is 7. The van der Waals surface area contributed by atoms with Crippen molar-refractivity contribution in [3.8, 4) is 0 Å². The number of quaternary nitrogens is 1. The Kier molecular flexibility index (Phi) is 17.5. The van der Waals surface area contributed by atoms with Gasteiger partial charge in [0.05, 0.1) is 31.9 Å². The number of aliphatic carboxylic acids is 1. The molecule has 0 amide bonds. The molecule has 0 aliphatic rings. The second-order valence-corrected chi connectivity index (χ2v) is 11.0. The van der Waals surface area contributed by atoms with Crippen LogP contribution in [0.5, 0.6) is 0 Å². The van der Waals surface area contributed by atoms with Crippen molar-refractivity contribution in [3.63, 3.8) is 0 Å². The summed E-state index contributed by atoms with van der Waals surface area (Å²) in [4.78, 5) is 23.8. The van der Waals surface area contributed by atoms with Gasteiger partial charge in [-0.3, -0.25) is 9.59 Å². The molecule has 0 heterocycles. The number of hydrogen-bond donors (Lipinski definition) is 2. The Morgan fingerprint density at radius 3 is 2.12 bits per heavy atom. The van der Waals surface area contributed by atoms with Crippen LogP contribution < -0.4 is 0 Å². The average molecular weight is 496 g/mol. The van der Waals surface area contributed by atoms with Gasteiger partial charge in [0, 0.05) is 6.42 Å². The lowest BCUT2D eigenvalue weighted by molar-refractivity contribution is -0.873. The smallest absolute Gasteiger partial charge is 0.316 e. The van der Waals surface area contributed by atoms with Gasteiger partial charge in [-0.25, -0.2) is 0 Å². The van der Waals surface area contributed by atoms with E-state index >= 15 is 0 Å². The number of allylic oxidation sites excluding steroid dienone is 2. The van der Waals surface area contributed by atoms with E-state index in [4.69, 9.17) is 23.2 Å². The van der Waals surface area contributed by atoms with E-state index in [1.165, 1.54) is 19.3 Å².